The number of allylic oxidation sites excluding steroid dienone is 1. The second-order valence-electron chi connectivity index (χ2n) is 4.11. The average Bonchev–Trinajstić information content (AvgIpc) is 2.41. The molecule has 2 aromatic rings. The Kier molecular flexibility index (Phi) is 3.61. The van der Waals surface area contributed by atoms with Crippen LogP contribution in [-0.4, -0.2) is 26.2 Å². The van der Waals surface area contributed by atoms with Gasteiger partial charge in [-0.25, -0.2) is 0 Å². The number of ketones is 1. The van der Waals surface area contributed by atoms with Crippen LogP contribution >= 0.6 is 0 Å². The van der Waals surface area contributed by atoms with Gasteiger partial charge in [-0.3, -0.25) is 4.79 Å². The molecule has 4 N–H and O–H groups in total. The van der Waals surface area contributed by atoms with Gasteiger partial charge in [0.25, 0.3) is 0 Å². The predicted molar refractivity (Wildman–Crippen MR) is 72.9 cm³/mol. The molecule has 0 atom stereocenters. The van der Waals surface area contributed by atoms with Crippen molar-refractivity contribution in [3.05, 3.63) is 53.6 Å². The Morgan fingerprint density at radius 3 is 2.20 bits per heavy atom. The lowest BCUT2D eigenvalue weighted by molar-refractivity contribution is 0.104. The monoisotopic (exact) mass is 272 g/mol. The highest BCUT2D eigenvalue weighted by Gasteiger charge is 2.08. The van der Waals surface area contributed by atoms with Gasteiger partial charge in [0.05, 0.1) is 5.56 Å². The Bertz CT molecular complexity index is 689. The van der Waals surface area contributed by atoms with Crippen LogP contribution in [0.4, 0.5) is 0 Å². The number of hydrogen-bond donors (Lipinski definition) is 4. The van der Waals surface area contributed by atoms with Crippen LogP contribution in [-0.2, 0) is 0 Å². The molecule has 102 valence electrons. The Hall–Kier alpha value is -2.95. The molecule has 5 heteroatoms. The highest BCUT2D eigenvalue weighted by molar-refractivity contribution is 6.08. The third kappa shape index (κ3) is 2.72. The van der Waals surface area contributed by atoms with Crippen molar-refractivity contribution in [2.75, 3.05) is 0 Å². The Balaban J connectivity index is 2.28. The number of phenolic OH excluding ortho intramolecular Hbond substituents is 4. The maximum atomic E-state index is 11.9. The molecule has 0 aliphatic carbocycles. The fourth-order valence-electron chi connectivity index (χ4n) is 1.65. The zero-order chi connectivity index (χ0) is 14.7. The van der Waals surface area contributed by atoms with E-state index in [4.69, 9.17) is 0 Å². The summed E-state index contributed by atoms with van der Waals surface area (Å²) in [6.45, 7) is 0. The Labute approximate surface area is 114 Å². The number of benzene rings is 2. The maximum Gasteiger partial charge on any atom is 0.189 e. The van der Waals surface area contributed by atoms with Crippen molar-refractivity contribution in [1.29, 1.82) is 0 Å². The fraction of sp³-hybridized carbons (Fsp3) is 0. The molecule has 0 heterocycles. The highest BCUT2D eigenvalue weighted by Crippen LogP contribution is 2.32. The quantitative estimate of drug-likeness (QED) is 0.298. The SMILES string of the molecule is O=C(/C=C/c1cc(O)c(O)cc1O)c1ccccc1O. The maximum absolute atomic E-state index is 11.9. The molecule has 0 aromatic heterocycles. The van der Waals surface area contributed by atoms with Crippen LogP contribution in [0.15, 0.2) is 42.5 Å². The van der Waals surface area contributed by atoms with Gasteiger partial charge in [0, 0.05) is 11.6 Å². The molecule has 0 aliphatic rings. The molecule has 0 aliphatic heterocycles. The van der Waals surface area contributed by atoms with Crippen molar-refractivity contribution in [3.63, 3.8) is 0 Å². The van der Waals surface area contributed by atoms with Crippen molar-refractivity contribution in [1.82, 2.24) is 0 Å². The van der Waals surface area contributed by atoms with E-state index in [9.17, 15) is 25.2 Å². The summed E-state index contributed by atoms with van der Waals surface area (Å²) < 4.78 is 0. The first-order valence-electron chi connectivity index (χ1n) is 5.74. The Morgan fingerprint density at radius 1 is 0.850 bits per heavy atom. The van der Waals surface area contributed by atoms with Gasteiger partial charge in [0.1, 0.15) is 11.5 Å². The van der Waals surface area contributed by atoms with Gasteiger partial charge in [0.2, 0.25) is 0 Å². The molecule has 0 radical (unpaired) electrons. The largest absolute Gasteiger partial charge is 0.507 e. The van der Waals surface area contributed by atoms with Crippen LogP contribution in [0.2, 0.25) is 0 Å². The van der Waals surface area contributed by atoms with Gasteiger partial charge in [-0.05, 0) is 30.4 Å². The van der Waals surface area contributed by atoms with Crippen LogP contribution in [0.1, 0.15) is 15.9 Å². The Morgan fingerprint density at radius 2 is 1.50 bits per heavy atom. The molecule has 5 nitrogen and oxygen atoms in total. The summed E-state index contributed by atoms with van der Waals surface area (Å²) in [5, 5.41) is 37.6. The molecule has 0 saturated heterocycles. The third-order valence-electron chi connectivity index (χ3n) is 2.71. The minimum Gasteiger partial charge on any atom is -0.507 e. The molecule has 2 rings (SSSR count). The van der Waals surface area contributed by atoms with Crippen molar-refractivity contribution in [2.45, 2.75) is 0 Å². The average molecular weight is 272 g/mol. The van der Waals surface area contributed by atoms with Crippen molar-refractivity contribution in [3.8, 4) is 23.0 Å². The fourth-order valence-corrected chi connectivity index (χ4v) is 1.65. The second kappa shape index (κ2) is 5.36. The van der Waals surface area contributed by atoms with E-state index in [1.54, 1.807) is 12.1 Å². The van der Waals surface area contributed by atoms with Gasteiger partial charge >= 0.3 is 0 Å². The molecule has 0 fully saturated rings. The molecule has 0 spiro atoms. The second-order valence-corrected chi connectivity index (χ2v) is 4.11. The zero-order valence-electron chi connectivity index (χ0n) is 10.3. The molecule has 20 heavy (non-hydrogen) atoms. The van der Waals surface area contributed by atoms with Gasteiger partial charge in [-0.2, -0.15) is 0 Å². The minimum atomic E-state index is -0.452. The smallest absolute Gasteiger partial charge is 0.189 e. The number of rotatable bonds is 3. The third-order valence-corrected chi connectivity index (χ3v) is 2.71. The van der Waals surface area contributed by atoms with E-state index >= 15 is 0 Å². The normalized spacial score (nSPS) is 10.8. The van der Waals surface area contributed by atoms with Crippen molar-refractivity contribution in [2.24, 2.45) is 0 Å². The lowest BCUT2D eigenvalue weighted by Crippen LogP contribution is -1.94. The predicted octanol–water partition coefficient (Wildman–Crippen LogP) is 2.41. The summed E-state index contributed by atoms with van der Waals surface area (Å²) in [7, 11) is 0. The molecule has 0 saturated carbocycles. The van der Waals surface area contributed by atoms with Crippen molar-refractivity contribution >= 4 is 11.9 Å². The summed E-state index contributed by atoms with van der Waals surface area (Å²) in [6.07, 6.45) is 2.43. The summed E-state index contributed by atoms with van der Waals surface area (Å²) in [5.74, 6) is -1.72. The molecule has 0 unspecified atom stereocenters. The van der Waals surface area contributed by atoms with Crippen LogP contribution in [0, 0.1) is 0 Å². The highest BCUT2D eigenvalue weighted by atomic mass is 16.3. The van der Waals surface area contributed by atoms with E-state index < -0.39 is 17.3 Å². The topological polar surface area (TPSA) is 98.0 Å². The number of aromatic hydroxyl groups is 4. The molecule has 0 amide bonds. The number of phenols is 4. The lowest BCUT2D eigenvalue weighted by Gasteiger charge is -2.03. The lowest BCUT2D eigenvalue weighted by atomic mass is 10.1. The molecule has 2 aromatic carbocycles. The number of para-hydroxylation sites is 1. The van der Waals surface area contributed by atoms with Gasteiger partial charge in [-0.1, -0.05) is 12.1 Å². The number of carbonyl (C=O) groups excluding carboxylic acids is 1. The first kappa shape index (κ1) is 13.5. The summed E-state index contributed by atoms with van der Waals surface area (Å²) in [5.41, 5.74) is 0.301. The van der Waals surface area contributed by atoms with E-state index in [1.807, 2.05) is 0 Å². The molecular weight excluding hydrogens is 260 g/mol. The number of carbonyl (C=O) groups is 1. The van der Waals surface area contributed by atoms with E-state index in [1.165, 1.54) is 18.2 Å². The van der Waals surface area contributed by atoms with E-state index in [0.717, 1.165) is 18.2 Å². The van der Waals surface area contributed by atoms with E-state index in [2.05, 4.69) is 0 Å². The first-order valence-corrected chi connectivity index (χ1v) is 5.74. The minimum absolute atomic E-state index is 0.131. The summed E-state index contributed by atoms with van der Waals surface area (Å²) in [4.78, 5) is 11.9. The summed E-state index contributed by atoms with van der Waals surface area (Å²) >= 11 is 0. The van der Waals surface area contributed by atoms with Gasteiger partial charge in [0.15, 0.2) is 17.3 Å². The standard InChI is InChI=1S/C15H12O5/c16-11-4-2-1-3-10(11)12(17)6-5-9-7-14(19)15(20)8-13(9)18/h1-8,16,18-20H/b6-5+. The van der Waals surface area contributed by atoms with Crippen molar-refractivity contribution < 1.29 is 25.2 Å². The zero-order valence-corrected chi connectivity index (χ0v) is 10.3. The van der Waals surface area contributed by atoms with Gasteiger partial charge in [-0.15, -0.1) is 0 Å². The summed E-state index contributed by atoms with van der Waals surface area (Å²) in [6, 6.07) is 8.17. The van der Waals surface area contributed by atoms with E-state index in [0.29, 0.717) is 0 Å². The van der Waals surface area contributed by atoms with E-state index in [-0.39, 0.29) is 22.6 Å². The van der Waals surface area contributed by atoms with Crippen LogP contribution in [0.25, 0.3) is 6.08 Å². The molecule has 0 bridgehead atoms. The molecular formula is C15H12O5. The van der Waals surface area contributed by atoms with Gasteiger partial charge < -0.3 is 20.4 Å². The number of hydrogen-bond acceptors (Lipinski definition) is 5. The van der Waals surface area contributed by atoms with Crippen LogP contribution < -0.4 is 0 Å². The van der Waals surface area contributed by atoms with Crippen LogP contribution in [0.3, 0.4) is 0 Å². The first-order chi connectivity index (χ1) is 9.49. The van der Waals surface area contributed by atoms with Crippen LogP contribution in [0.5, 0.6) is 23.0 Å².